The Morgan fingerprint density at radius 2 is 2.08 bits per heavy atom. The fraction of sp³-hybridized carbons (Fsp3) is 0.429. The van der Waals surface area contributed by atoms with Crippen molar-refractivity contribution in [3.8, 4) is 5.75 Å². The van der Waals surface area contributed by atoms with Gasteiger partial charge in [0.25, 0.3) is 0 Å². The van der Waals surface area contributed by atoms with Gasteiger partial charge in [-0.25, -0.2) is 9.18 Å². The van der Waals surface area contributed by atoms with Crippen molar-refractivity contribution in [3.63, 3.8) is 0 Å². The minimum Gasteiger partial charge on any atom is -0.465 e. The molecule has 1 heterocycles. The summed E-state index contributed by atoms with van der Waals surface area (Å²) in [6.45, 7) is 0.506. The van der Waals surface area contributed by atoms with Crippen LogP contribution in [0, 0.1) is 5.82 Å². The van der Waals surface area contributed by atoms with Crippen LogP contribution in [-0.2, 0) is 11.3 Å². The molecule has 0 aliphatic carbocycles. The number of rotatable bonds is 4. The summed E-state index contributed by atoms with van der Waals surface area (Å²) in [4.78, 5) is 24.8. The molecule has 10 heteroatoms. The Morgan fingerprint density at radius 3 is 2.62 bits per heavy atom. The molecule has 0 aromatic heterocycles. The maximum atomic E-state index is 13.7. The molecular weight excluding hydrogens is 336 g/mol. The summed E-state index contributed by atoms with van der Waals surface area (Å²) >= 11 is 0. The molecule has 1 aliphatic heterocycles. The van der Waals surface area contributed by atoms with Crippen molar-refractivity contribution in [1.29, 1.82) is 0 Å². The molecule has 0 unspecified atom stereocenters. The number of benzene rings is 1. The van der Waals surface area contributed by atoms with Crippen molar-refractivity contribution in [2.75, 3.05) is 19.6 Å². The number of alkyl halides is 3. The molecule has 1 aliphatic rings. The van der Waals surface area contributed by atoms with E-state index in [4.69, 9.17) is 5.11 Å². The zero-order valence-electron chi connectivity index (χ0n) is 12.3. The first kappa shape index (κ1) is 18.0. The summed E-state index contributed by atoms with van der Waals surface area (Å²) in [6.07, 6.45) is -5.54. The van der Waals surface area contributed by atoms with E-state index in [0.29, 0.717) is 11.8 Å². The number of carbonyl (C=O) groups is 2. The van der Waals surface area contributed by atoms with Crippen molar-refractivity contribution >= 4 is 12.4 Å². The van der Waals surface area contributed by atoms with Crippen LogP contribution in [0.4, 0.5) is 22.4 Å². The topological polar surface area (TPSA) is 70.1 Å². The second-order valence-electron chi connectivity index (χ2n) is 5.22. The molecule has 1 saturated heterocycles. The summed E-state index contributed by atoms with van der Waals surface area (Å²) in [5.41, 5.74) is 0.345. The molecule has 0 radical (unpaired) electrons. The zero-order chi connectivity index (χ0) is 17.9. The molecule has 0 bridgehead atoms. The maximum Gasteiger partial charge on any atom is 0.573 e. The number of halogens is 4. The fourth-order valence-corrected chi connectivity index (χ4v) is 2.43. The molecule has 1 N–H and O–H groups in total. The fourth-order valence-electron chi connectivity index (χ4n) is 2.43. The first-order valence-corrected chi connectivity index (χ1v) is 6.91. The van der Waals surface area contributed by atoms with Gasteiger partial charge in [0.05, 0.1) is 6.04 Å². The number of hydrogen-bond acceptors (Lipinski definition) is 4. The van der Waals surface area contributed by atoms with E-state index >= 15 is 0 Å². The SMILES string of the molecule is O=C[C@H]1CN(C(=O)O)CCN1Cc1ccc(OC(F)(F)F)c(F)c1. The Morgan fingerprint density at radius 1 is 1.38 bits per heavy atom. The molecule has 0 saturated carbocycles. The predicted molar refractivity (Wildman–Crippen MR) is 72.9 cm³/mol. The van der Waals surface area contributed by atoms with E-state index in [2.05, 4.69) is 4.74 Å². The third kappa shape index (κ3) is 4.57. The van der Waals surface area contributed by atoms with Gasteiger partial charge in [-0.3, -0.25) is 4.90 Å². The Bertz CT molecular complexity index is 623. The number of nitrogens with zero attached hydrogens (tertiary/aromatic N) is 2. The van der Waals surface area contributed by atoms with E-state index in [9.17, 15) is 27.2 Å². The molecule has 1 atom stereocenters. The Hall–Kier alpha value is -2.36. The van der Waals surface area contributed by atoms with Gasteiger partial charge in [0.2, 0.25) is 0 Å². The minimum atomic E-state index is -4.99. The van der Waals surface area contributed by atoms with Crippen LogP contribution in [-0.4, -0.2) is 59.3 Å². The predicted octanol–water partition coefficient (Wildman–Crippen LogP) is 2.09. The van der Waals surface area contributed by atoms with Crippen molar-refractivity contribution in [2.24, 2.45) is 0 Å². The van der Waals surface area contributed by atoms with Gasteiger partial charge >= 0.3 is 12.5 Å². The van der Waals surface area contributed by atoms with E-state index in [-0.39, 0.29) is 26.2 Å². The average molecular weight is 350 g/mol. The van der Waals surface area contributed by atoms with Gasteiger partial charge in [-0.05, 0) is 17.7 Å². The lowest BCUT2D eigenvalue weighted by atomic mass is 10.1. The number of ether oxygens (including phenoxy) is 1. The summed E-state index contributed by atoms with van der Waals surface area (Å²) in [7, 11) is 0. The highest BCUT2D eigenvalue weighted by molar-refractivity contribution is 5.67. The molecule has 24 heavy (non-hydrogen) atoms. The smallest absolute Gasteiger partial charge is 0.465 e. The van der Waals surface area contributed by atoms with E-state index in [0.717, 1.165) is 17.0 Å². The molecule has 132 valence electrons. The van der Waals surface area contributed by atoms with Crippen LogP contribution in [0.1, 0.15) is 5.56 Å². The average Bonchev–Trinajstić information content (AvgIpc) is 2.49. The summed E-state index contributed by atoms with van der Waals surface area (Å²) in [6, 6.07) is 2.31. The molecule has 2 rings (SSSR count). The first-order valence-electron chi connectivity index (χ1n) is 6.91. The van der Waals surface area contributed by atoms with Crippen molar-refractivity contribution < 1.29 is 37.0 Å². The van der Waals surface area contributed by atoms with E-state index in [1.54, 1.807) is 4.90 Å². The Balaban J connectivity index is 2.06. The largest absolute Gasteiger partial charge is 0.573 e. The molecule has 1 aromatic rings. The van der Waals surface area contributed by atoms with Crippen molar-refractivity contribution in [3.05, 3.63) is 29.6 Å². The third-order valence-electron chi connectivity index (χ3n) is 3.57. The quantitative estimate of drug-likeness (QED) is 0.665. The molecule has 1 amide bonds. The molecule has 0 spiro atoms. The highest BCUT2D eigenvalue weighted by Crippen LogP contribution is 2.26. The van der Waals surface area contributed by atoms with Crippen molar-refractivity contribution in [1.82, 2.24) is 9.80 Å². The summed E-state index contributed by atoms with van der Waals surface area (Å²) < 4.78 is 53.5. The number of hydrogen-bond donors (Lipinski definition) is 1. The Kier molecular flexibility index (Phi) is 5.27. The van der Waals surface area contributed by atoms with Crippen LogP contribution in [0.3, 0.4) is 0 Å². The zero-order valence-corrected chi connectivity index (χ0v) is 12.3. The van der Waals surface area contributed by atoms with Crippen LogP contribution >= 0.6 is 0 Å². The van der Waals surface area contributed by atoms with E-state index in [1.165, 1.54) is 6.07 Å². The first-order chi connectivity index (χ1) is 11.2. The van der Waals surface area contributed by atoms with Gasteiger partial charge in [-0.1, -0.05) is 6.07 Å². The summed E-state index contributed by atoms with van der Waals surface area (Å²) in [5.74, 6) is -2.11. The molecular formula is C14H14F4N2O4. The van der Waals surface area contributed by atoms with E-state index < -0.39 is 30.1 Å². The van der Waals surface area contributed by atoms with Gasteiger partial charge in [0.15, 0.2) is 11.6 Å². The maximum absolute atomic E-state index is 13.7. The van der Waals surface area contributed by atoms with Crippen LogP contribution in [0.2, 0.25) is 0 Å². The third-order valence-corrected chi connectivity index (χ3v) is 3.57. The minimum absolute atomic E-state index is 0.0173. The second-order valence-corrected chi connectivity index (χ2v) is 5.22. The monoisotopic (exact) mass is 350 g/mol. The Labute approximate surface area is 134 Å². The lowest BCUT2D eigenvalue weighted by molar-refractivity contribution is -0.275. The van der Waals surface area contributed by atoms with Crippen LogP contribution < -0.4 is 4.74 Å². The highest BCUT2D eigenvalue weighted by atomic mass is 19.4. The van der Waals surface area contributed by atoms with Crippen LogP contribution in [0.5, 0.6) is 5.75 Å². The lowest BCUT2D eigenvalue weighted by Crippen LogP contribution is -2.54. The van der Waals surface area contributed by atoms with Gasteiger partial charge in [-0.2, -0.15) is 0 Å². The molecule has 1 fully saturated rings. The van der Waals surface area contributed by atoms with Crippen LogP contribution in [0.15, 0.2) is 18.2 Å². The standard InChI is InChI=1S/C14H14F4N2O4/c15-11-5-9(1-2-12(11)24-14(16,17)18)6-19-3-4-20(13(22)23)7-10(19)8-21/h1-2,5,8,10H,3-4,6-7H2,(H,22,23)/t10-/m1/s1. The van der Waals surface area contributed by atoms with Gasteiger partial charge in [0.1, 0.15) is 6.29 Å². The number of piperazine rings is 1. The van der Waals surface area contributed by atoms with Crippen molar-refractivity contribution in [2.45, 2.75) is 18.9 Å². The van der Waals surface area contributed by atoms with Crippen LogP contribution in [0.25, 0.3) is 0 Å². The number of aldehydes is 1. The number of carboxylic acid groups (broad SMARTS) is 1. The van der Waals surface area contributed by atoms with Gasteiger partial charge in [0, 0.05) is 26.2 Å². The molecule has 1 aromatic carbocycles. The normalized spacial score (nSPS) is 19.2. The van der Waals surface area contributed by atoms with Gasteiger partial charge < -0.3 is 19.5 Å². The molecule has 6 nitrogen and oxygen atoms in total. The highest BCUT2D eigenvalue weighted by Gasteiger charge is 2.33. The number of amides is 1. The van der Waals surface area contributed by atoms with E-state index in [1.807, 2.05) is 0 Å². The second kappa shape index (κ2) is 7.04. The van der Waals surface area contributed by atoms with Gasteiger partial charge in [-0.15, -0.1) is 13.2 Å². The number of carbonyl (C=O) groups excluding carboxylic acids is 1. The summed E-state index contributed by atoms with van der Waals surface area (Å²) in [5, 5.41) is 8.92. The lowest BCUT2D eigenvalue weighted by Gasteiger charge is -2.37.